The minimum Gasteiger partial charge on any atom is -0.495 e. The zero-order chi connectivity index (χ0) is 14.4. The van der Waals surface area contributed by atoms with Crippen LogP contribution in [0.15, 0.2) is 18.2 Å². The molecule has 0 saturated carbocycles. The Labute approximate surface area is 113 Å². The third kappa shape index (κ3) is 4.28. The van der Waals surface area contributed by atoms with Gasteiger partial charge in [-0.15, -0.1) is 0 Å². The van der Waals surface area contributed by atoms with E-state index in [9.17, 15) is 9.59 Å². The van der Waals surface area contributed by atoms with Gasteiger partial charge in [-0.2, -0.15) is 0 Å². The molecule has 0 heterocycles. The van der Waals surface area contributed by atoms with Gasteiger partial charge in [0.2, 0.25) is 11.8 Å². The quantitative estimate of drug-likeness (QED) is 0.876. The number of nitrogens with zero attached hydrogens (tertiary/aromatic N) is 1. The van der Waals surface area contributed by atoms with Gasteiger partial charge in [-0.25, -0.2) is 0 Å². The second kappa shape index (κ2) is 6.78. The van der Waals surface area contributed by atoms with Crippen molar-refractivity contribution in [3.8, 4) is 5.75 Å². The normalized spacial score (nSPS) is 9.89. The van der Waals surface area contributed by atoms with Crippen LogP contribution in [0.5, 0.6) is 5.75 Å². The molecule has 0 aliphatic rings. The average molecular weight is 264 g/mol. The first-order valence-electron chi connectivity index (χ1n) is 6.13. The minimum absolute atomic E-state index is 0.0887. The molecular weight excluding hydrogens is 244 g/mol. The molecule has 2 amide bonds. The fourth-order valence-electron chi connectivity index (χ4n) is 1.80. The van der Waals surface area contributed by atoms with Crippen LogP contribution >= 0.6 is 0 Å². The molecule has 19 heavy (non-hydrogen) atoms. The van der Waals surface area contributed by atoms with Crippen LogP contribution in [0.3, 0.4) is 0 Å². The molecule has 0 saturated heterocycles. The van der Waals surface area contributed by atoms with Crippen molar-refractivity contribution >= 4 is 17.5 Å². The molecule has 0 atom stereocenters. The van der Waals surface area contributed by atoms with Gasteiger partial charge in [0.05, 0.1) is 12.8 Å². The number of anilines is 1. The Morgan fingerprint density at radius 1 is 1.32 bits per heavy atom. The van der Waals surface area contributed by atoms with Crippen LogP contribution in [0.25, 0.3) is 0 Å². The number of hydrogen-bond donors (Lipinski definition) is 1. The standard InChI is InChI=1S/C14H20N2O3/c1-10-5-6-14(19-4)13(9-10)16(12(3)18)8-7-15-11(2)17/h5-6,9H,7-8H2,1-4H3,(H,15,17). The summed E-state index contributed by atoms with van der Waals surface area (Å²) >= 11 is 0. The first-order valence-corrected chi connectivity index (χ1v) is 6.13. The lowest BCUT2D eigenvalue weighted by molar-refractivity contribution is -0.119. The molecule has 0 aromatic heterocycles. The molecule has 0 unspecified atom stereocenters. The van der Waals surface area contributed by atoms with Crippen LogP contribution in [-0.2, 0) is 9.59 Å². The summed E-state index contributed by atoms with van der Waals surface area (Å²) in [5, 5.41) is 2.68. The first-order chi connectivity index (χ1) is 8.95. The molecule has 5 heteroatoms. The van der Waals surface area contributed by atoms with Gasteiger partial charge in [0.25, 0.3) is 0 Å². The van der Waals surface area contributed by atoms with Gasteiger partial charge in [0.1, 0.15) is 5.75 Å². The number of benzene rings is 1. The predicted molar refractivity (Wildman–Crippen MR) is 74.4 cm³/mol. The Morgan fingerprint density at radius 2 is 2.00 bits per heavy atom. The second-order valence-corrected chi connectivity index (χ2v) is 4.33. The lowest BCUT2D eigenvalue weighted by atomic mass is 10.2. The van der Waals surface area contributed by atoms with E-state index in [1.54, 1.807) is 12.0 Å². The van der Waals surface area contributed by atoms with E-state index in [2.05, 4.69) is 5.32 Å². The van der Waals surface area contributed by atoms with E-state index in [0.29, 0.717) is 18.8 Å². The van der Waals surface area contributed by atoms with Gasteiger partial charge in [0.15, 0.2) is 0 Å². The summed E-state index contributed by atoms with van der Waals surface area (Å²) in [7, 11) is 1.57. The number of amides is 2. The SMILES string of the molecule is COc1ccc(C)cc1N(CCNC(C)=O)C(C)=O. The van der Waals surface area contributed by atoms with Crippen molar-refractivity contribution in [1.82, 2.24) is 5.32 Å². The van der Waals surface area contributed by atoms with Gasteiger partial charge < -0.3 is 15.0 Å². The Kier molecular flexibility index (Phi) is 5.36. The first kappa shape index (κ1) is 15.0. The maximum Gasteiger partial charge on any atom is 0.224 e. The van der Waals surface area contributed by atoms with Crippen molar-refractivity contribution in [2.75, 3.05) is 25.1 Å². The fraction of sp³-hybridized carbons (Fsp3) is 0.429. The number of methoxy groups -OCH3 is 1. The summed E-state index contributed by atoms with van der Waals surface area (Å²) < 4.78 is 5.28. The van der Waals surface area contributed by atoms with E-state index >= 15 is 0 Å². The van der Waals surface area contributed by atoms with Crippen molar-refractivity contribution in [3.63, 3.8) is 0 Å². The summed E-state index contributed by atoms with van der Waals surface area (Å²) in [6, 6.07) is 5.65. The highest BCUT2D eigenvalue weighted by Crippen LogP contribution is 2.29. The highest BCUT2D eigenvalue weighted by Gasteiger charge is 2.16. The van der Waals surface area contributed by atoms with Crippen molar-refractivity contribution in [1.29, 1.82) is 0 Å². The Balaban J connectivity index is 2.95. The molecule has 1 aromatic carbocycles. The summed E-state index contributed by atoms with van der Waals surface area (Å²) in [5.74, 6) is 0.442. The van der Waals surface area contributed by atoms with E-state index in [4.69, 9.17) is 4.74 Å². The van der Waals surface area contributed by atoms with Crippen LogP contribution in [0.2, 0.25) is 0 Å². The van der Waals surface area contributed by atoms with Gasteiger partial charge in [-0.1, -0.05) is 6.07 Å². The van der Waals surface area contributed by atoms with Crippen molar-refractivity contribution in [3.05, 3.63) is 23.8 Å². The van der Waals surface area contributed by atoms with Crippen LogP contribution < -0.4 is 15.0 Å². The molecule has 0 fully saturated rings. The largest absolute Gasteiger partial charge is 0.495 e. The van der Waals surface area contributed by atoms with E-state index in [1.807, 2.05) is 25.1 Å². The number of aryl methyl sites for hydroxylation is 1. The molecular formula is C14H20N2O3. The zero-order valence-corrected chi connectivity index (χ0v) is 11.8. The minimum atomic E-state index is -0.111. The van der Waals surface area contributed by atoms with Crippen LogP contribution in [-0.4, -0.2) is 32.0 Å². The number of hydrogen-bond acceptors (Lipinski definition) is 3. The maximum absolute atomic E-state index is 11.8. The molecule has 1 N–H and O–H groups in total. The van der Waals surface area contributed by atoms with Crippen LogP contribution in [0.4, 0.5) is 5.69 Å². The zero-order valence-electron chi connectivity index (χ0n) is 11.8. The van der Waals surface area contributed by atoms with E-state index < -0.39 is 0 Å². The molecule has 0 spiro atoms. The predicted octanol–water partition coefficient (Wildman–Crippen LogP) is 1.49. The Morgan fingerprint density at radius 3 is 2.53 bits per heavy atom. The smallest absolute Gasteiger partial charge is 0.224 e. The van der Waals surface area contributed by atoms with E-state index in [-0.39, 0.29) is 11.8 Å². The summed E-state index contributed by atoms with van der Waals surface area (Å²) in [6.07, 6.45) is 0. The third-order valence-corrected chi connectivity index (χ3v) is 2.71. The molecule has 104 valence electrons. The molecule has 0 bridgehead atoms. The average Bonchev–Trinajstić information content (AvgIpc) is 2.34. The van der Waals surface area contributed by atoms with E-state index in [0.717, 1.165) is 11.3 Å². The topological polar surface area (TPSA) is 58.6 Å². The van der Waals surface area contributed by atoms with Crippen molar-refractivity contribution in [2.45, 2.75) is 20.8 Å². The highest BCUT2D eigenvalue weighted by molar-refractivity contribution is 5.93. The van der Waals surface area contributed by atoms with E-state index in [1.165, 1.54) is 13.8 Å². The second-order valence-electron chi connectivity index (χ2n) is 4.33. The monoisotopic (exact) mass is 264 g/mol. The molecule has 0 aliphatic carbocycles. The number of ether oxygens (including phenoxy) is 1. The van der Waals surface area contributed by atoms with Gasteiger partial charge in [0, 0.05) is 26.9 Å². The van der Waals surface area contributed by atoms with Crippen molar-refractivity contribution in [2.24, 2.45) is 0 Å². The Hall–Kier alpha value is -2.04. The molecule has 1 aromatic rings. The Bertz CT molecular complexity index is 472. The number of carbonyl (C=O) groups is 2. The fourth-order valence-corrected chi connectivity index (χ4v) is 1.80. The molecule has 0 radical (unpaired) electrons. The van der Waals surface area contributed by atoms with Gasteiger partial charge >= 0.3 is 0 Å². The summed E-state index contributed by atoms with van der Waals surface area (Å²) in [5.41, 5.74) is 1.77. The lowest BCUT2D eigenvalue weighted by Gasteiger charge is -2.23. The van der Waals surface area contributed by atoms with Gasteiger partial charge in [-0.3, -0.25) is 9.59 Å². The molecule has 1 rings (SSSR count). The van der Waals surface area contributed by atoms with Crippen LogP contribution in [0, 0.1) is 6.92 Å². The highest BCUT2D eigenvalue weighted by atomic mass is 16.5. The summed E-state index contributed by atoms with van der Waals surface area (Å²) in [6.45, 7) is 5.72. The maximum atomic E-state index is 11.8. The third-order valence-electron chi connectivity index (χ3n) is 2.71. The number of rotatable bonds is 5. The van der Waals surface area contributed by atoms with Crippen molar-refractivity contribution < 1.29 is 14.3 Å². The molecule has 0 aliphatic heterocycles. The lowest BCUT2D eigenvalue weighted by Crippen LogP contribution is -2.37. The van der Waals surface area contributed by atoms with Crippen LogP contribution in [0.1, 0.15) is 19.4 Å². The number of carbonyl (C=O) groups excluding carboxylic acids is 2. The molecule has 5 nitrogen and oxygen atoms in total. The summed E-state index contributed by atoms with van der Waals surface area (Å²) in [4.78, 5) is 24.2. The van der Waals surface area contributed by atoms with Gasteiger partial charge in [-0.05, 0) is 24.6 Å². The number of nitrogens with one attached hydrogen (secondary N) is 1.